The van der Waals surface area contributed by atoms with Crippen LogP contribution in [0.15, 0.2) is 24.8 Å². The van der Waals surface area contributed by atoms with E-state index in [1.807, 2.05) is 0 Å². The van der Waals surface area contributed by atoms with Crippen molar-refractivity contribution in [1.29, 1.82) is 0 Å². The minimum atomic E-state index is -3.51. The van der Waals surface area contributed by atoms with Crippen molar-refractivity contribution in [3.63, 3.8) is 0 Å². The van der Waals surface area contributed by atoms with Crippen molar-refractivity contribution in [2.75, 3.05) is 0 Å². The van der Waals surface area contributed by atoms with Crippen LogP contribution in [0.3, 0.4) is 0 Å². The van der Waals surface area contributed by atoms with E-state index >= 15 is 0 Å². The van der Waals surface area contributed by atoms with E-state index in [1.165, 1.54) is 0 Å². The van der Waals surface area contributed by atoms with E-state index < -0.39 is 17.5 Å². The molecule has 0 heterocycles. The van der Waals surface area contributed by atoms with Crippen molar-refractivity contribution in [3.05, 3.63) is 24.8 Å². The van der Waals surface area contributed by atoms with Crippen LogP contribution in [0.2, 0.25) is 0 Å². The Morgan fingerprint density at radius 2 is 2.00 bits per heavy atom. The van der Waals surface area contributed by atoms with E-state index in [1.54, 1.807) is 0 Å². The molecule has 0 aliphatic rings. The topological polar surface area (TPSA) is 37.3 Å². The third kappa shape index (κ3) is 1.65. The Bertz CT molecular complexity index is 184. The number of carboxylic acid groups (broad SMARTS) is 1. The molecule has 0 bridgehead atoms. The molecule has 0 aliphatic heterocycles. The second-order valence-corrected chi connectivity index (χ2v) is 1.61. The van der Waals surface area contributed by atoms with Gasteiger partial charge in [0, 0.05) is 0 Å². The number of aliphatic carboxylic acids is 1. The van der Waals surface area contributed by atoms with Gasteiger partial charge in [-0.1, -0.05) is 13.2 Å². The SMILES string of the molecule is C=CC(F)(F)C(=C)C(=O)O. The van der Waals surface area contributed by atoms with Gasteiger partial charge in [-0.3, -0.25) is 0 Å². The van der Waals surface area contributed by atoms with E-state index in [0.29, 0.717) is 0 Å². The van der Waals surface area contributed by atoms with Gasteiger partial charge in [0.2, 0.25) is 0 Å². The lowest BCUT2D eigenvalue weighted by atomic mass is 10.1. The standard InChI is InChI=1S/C6H6F2O2/c1-3-6(7,8)4(2)5(9)10/h3H,1-2H2,(H,9,10). The van der Waals surface area contributed by atoms with Crippen LogP contribution in [-0.4, -0.2) is 17.0 Å². The molecule has 1 N–H and O–H groups in total. The molecule has 0 unspecified atom stereocenters. The van der Waals surface area contributed by atoms with Gasteiger partial charge in [0.15, 0.2) is 0 Å². The van der Waals surface area contributed by atoms with Crippen LogP contribution in [0.25, 0.3) is 0 Å². The van der Waals surface area contributed by atoms with E-state index in [2.05, 4.69) is 13.2 Å². The maximum Gasteiger partial charge on any atom is 0.337 e. The molecule has 0 saturated carbocycles. The monoisotopic (exact) mass is 148 g/mol. The van der Waals surface area contributed by atoms with Crippen molar-refractivity contribution >= 4 is 5.97 Å². The first-order chi connectivity index (χ1) is 4.41. The van der Waals surface area contributed by atoms with Crippen molar-refractivity contribution in [3.8, 4) is 0 Å². The van der Waals surface area contributed by atoms with Gasteiger partial charge in [0.05, 0.1) is 0 Å². The van der Waals surface area contributed by atoms with Gasteiger partial charge >= 0.3 is 5.97 Å². The highest BCUT2D eigenvalue weighted by Crippen LogP contribution is 2.23. The molecule has 0 amide bonds. The normalized spacial score (nSPS) is 10.6. The zero-order valence-electron chi connectivity index (χ0n) is 5.10. The molecule has 10 heavy (non-hydrogen) atoms. The number of allylic oxidation sites excluding steroid dienone is 1. The largest absolute Gasteiger partial charge is 0.478 e. The highest BCUT2D eigenvalue weighted by Gasteiger charge is 2.33. The number of hydrogen-bond donors (Lipinski definition) is 1. The molecule has 0 saturated heterocycles. The van der Waals surface area contributed by atoms with E-state index in [0.717, 1.165) is 0 Å². The first kappa shape index (κ1) is 8.81. The first-order valence-electron chi connectivity index (χ1n) is 2.36. The van der Waals surface area contributed by atoms with Crippen molar-refractivity contribution < 1.29 is 18.7 Å². The lowest BCUT2D eigenvalue weighted by Crippen LogP contribution is -2.21. The van der Waals surface area contributed by atoms with E-state index in [-0.39, 0.29) is 6.08 Å². The molecule has 56 valence electrons. The minimum absolute atomic E-state index is 0.240. The fourth-order valence-corrected chi connectivity index (χ4v) is 0.266. The molecule has 0 aromatic carbocycles. The summed E-state index contributed by atoms with van der Waals surface area (Å²) in [5.41, 5.74) is -1.16. The van der Waals surface area contributed by atoms with Gasteiger partial charge in [-0.05, 0) is 6.08 Å². The lowest BCUT2D eigenvalue weighted by molar-refractivity contribution is -0.135. The fraction of sp³-hybridized carbons (Fsp3) is 0.167. The summed E-state index contributed by atoms with van der Waals surface area (Å²) in [6.45, 7) is 5.44. The van der Waals surface area contributed by atoms with Crippen LogP contribution in [0.1, 0.15) is 0 Å². The number of alkyl halides is 2. The number of rotatable bonds is 3. The summed E-state index contributed by atoms with van der Waals surface area (Å²) in [4.78, 5) is 9.88. The van der Waals surface area contributed by atoms with Crippen LogP contribution in [0.5, 0.6) is 0 Å². The Labute approximate surface area is 56.5 Å². The van der Waals surface area contributed by atoms with Gasteiger partial charge in [-0.2, -0.15) is 8.78 Å². The summed E-state index contributed by atoms with van der Waals surface area (Å²) < 4.78 is 24.4. The van der Waals surface area contributed by atoms with Crippen LogP contribution < -0.4 is 0 Å². The molecule has 0 atom stereocenters. The first-order valence-corrected chi connectivity index (χ1v) is 2.36. The summed E-state index contributed by atoms with van der Waals surface area (Å²) >= 11 is 0. The van der Waals surface area contributed by atoms with Gasteiger partial charge < -0.3 is 5.11 Å². The van der Waals surface area contributed by atoms with Crippen LogP contribution in [-0.2, 0) is 4.79 Å². The summed E-state index contributed by atoms with van der Waals surface area (Å²) in [5.74, 6) is -5.23. The average molecular weight is 148 g/mol. The van der Waals surface area contributed by atoms with Crippen molar-refractivity contribution in [2.24, 2.45) is 0 Å². The summed E-state index contributed by atoms with van der Waals surface area (Å²) in [5, 5.41) is 8.02. The van der Waals surface area contributed by atoms with E-state index in [4.69, 9.17) is 5.11 Å². The highest BCUT2D eigenvalue weighted by molar-refractivity contribution is 5.88. The second kappa shape index (κ2) is 2.60. The smallest absolute Gasteiger partial charge is 0.337 e. The summed E-state index contributed by atoms with van der Waals surface area (Å²) in [6, 6.07) is 0. The molecule has 4 heteroatoms. The molecule has 0 spiro atoms. The maximum absolute atomic E-state index is 12.2. The Morgan fingerprint density at radius 1 is 1.60 bits per heavy atom. The highest BCUT2D eigenvalue weighted by atomic mass is 19.3. The molecular formula is C6H6F2O2. The number of halogens is 2. The average Bonchev–Trinajstić information content (AvgIpc) is 1.86. The lowest BCUT2D eigenvalue weighted by Gasteiger charge is -2.09. The molecule has 2 nitrogen and oxygen atoms in total. The Morgan fingerprint density at radius 3 is 2.10 bits per heavy atom. The Kier molecular flexibility index (Phi) is 2.29. The van der Waals surface area contributed by atoms with Crippen LogP contribution >= 0.6 is 0 Å². The zero-order valence-corrected chi connectivity index (χ0v) is 5.10. The molecule has 0 rings (SSSR count). The maximum atomic E-state index is 12.2. The molecule has 0 aliphatic carbocycles. The molecule has 0 radical (unpaired) electrons. The van der Waals surface area contributed by atoms with Crippen molar-refractivity contribution in [2.45, 2.75) is 5.92 Å². The van der Waals surface area contributed by atoms with Gasteiger partial charge in [0.25, 0.3) is 5.92 Å². The van der Waals surface area contributed by atoms with E-state index in [9.17, 15) is 13.6 Å². The summed E-state index contributed by atoms with van der Waals surface area (Å²) in [7, 11) is 0. The Hall–Kier alpha value is -1.19. The summed E-state index contributed by atoms with van der Waals surface area (Å²) in [6.07, 6.45) is 0.240. The van der Waals surface area contributed by atoms with Gasteiger partial charge in [0.1, 0.15) is 5.57 Å². The zero-order chi connectivity index (χ0) is 8.36. The second-order valence-electron chi connectivity index (χ2n) is 1.61. The Balaban J connectivity index is 4.49. The number of carbonyl (C=O) groups is 1. The number of hydrogen-bond acceptors (Lipinski definition) is 1. The van der Waals surface area contributed by atoms with Crippen molar-refractivity contribution in [1.82, 2.24) is 0 Å². The third-order valence-corrected chi connectivity index (χ3v) is 0.917. The minimum Gasteiger partial charge on any atom is -0.478 e. The molecular weight excluding hydrogens is 142 g/mol. The van der Waals surface area contributed by atoms with Crippen LogP contribution in [0, 0.1) is 0 Å². The fourth-order valence-electron chi connectivity index (χ4n) is 0.266. The predicted molar refractivity (Wildman–Crippen MR) is 31.9 cm³/mol. The van der Waals surface area contributed by atoms with Gasteiger partial charge in [-0.15, -0.1) is 0 Å². The quantitative estimate of drug-likeness (QED) is 0.485. The number of carboxylic acids is 1. The predicted octanol–water partition coefficient (Wildman–Crippen LogP) is 1.45. The van der Waals surface area contributed by atoms with Crippen LogP contribution in [0.4, 0.5) is 8.78 Å². The molecule has 0 aromatic rings. The molecule has 0 fully saturated rings. The third-order valence-electron chi connectivity index (χ3n) is 0.917. The molecule has 0 aromatic heterocycles. The van der Waals surface area contributed by atoms with Gasteiger partial charge in [-0.25, -0.2) is 4.79 Å².